The van der Waals surface area contributed by atoms with Gasteiger partial charge in [0.1, 0.15) is 0 Å². The molecule has 25 heavy (non-hydrogen) atoms. The van der Waals surface area contributed by atoms with Crippen molar-refractivity contribution in [3.05, 3.63) is 42.0 Å². The standard InChI is InChI=1S/C21H24N2O2/c1-12-15-11-23-9-5-8-20(12)10-13(18(24)25-2)17-21(15,19(20)23)14-6-3-4-7-16(14)22-17/h3-8,12-13,15,17,19,22H,9-11H2,1-2H3/t12?,13?,15?,17-,19-,20-,21+/m1/s1. The number of hydrogen-bond donors (Lipinski definition) is 1. The van der Waals surface area contributed by atoms with Gasteiger partial charge in [0.15, 0.2) is 0 Å². The first kappa shape index (κ1) is 14.4. The van der Waals surface area contributed by atoms with Crippen LogP contribution >= 0.6 is 0 Å². The van der Waals surface area contributed by atoms with Gasteiger partial charge >= 0.3 is 5.97 Å². The molecule has 3 aliphatic heterocycles. The highest BCUT2D eigenvalue weighted by molar-refractivity contribution is 5.79. The summed E-state index contributed by atoms with van der Waals surface area (Å²) < 4.78 is 5.26. The van der Waals surface area contributed by atoms with Gasteiger partial charge in [0.05, 0.1) is 19.1 Å². The average molecular weight is 336 g/mol. The van der Waals surface area contributed by atoms with Crippen molar-refractivity contribution in [2.75, 3.05) is 25.5 Å². The van der Waals surface area contributed by atoms with E-state index in [9.17, 15) is 4.79 Å². The van der Waals surface area contributed by atoms with Crippen molar-refractivity contribution in [3.63, 3.8) is 0 Å². The quantitative estimate of drug-likeness (QED) is 0.632. The Kier molecular flexibility index (Phi) is 2.47. The van der Waals surface area contributed by atoms with Crippen molar-refractivity contribution in [2.45, 2.75) is 30.8 Å². The van der Waals surface area contributed by atoms with E-state index in [2.05, 4.69) is 53.6 Å². The molecule has 4 bridgehead atoms. The molecule has 5 aliphatic rings. The third kappa shape index (κ3) is 1.31. The van der Waals surface area contributed by atoms with Gasteiger partial charge < -0.3 is 10.1 Å². The molecule has 0 amide bonds. The van der Waals surface area contributed by atoms with Crippen LogP contribution in [0.5, 0.6) is 0 Å². The van der Waals surface area contributed by atoms with E-state index in [-0.39, 0.29) is 28.8 Å². The van der Waals surface area contributed by atoms with E-state index in [0.29, 0.717) is 17.9 Å². The highest BCUT2D eigenvalue weighted by Crippen LogP contribution is 2.74. The fourth-order valence-corrected chi connectivity index (χ4v) is 7.68. The van der Waals surface area contributed by atoms with Gasteiger partial charge in [-0.1, -0.05) is 37.3 Å². The largest absolute Gasteiger partial charge is 0.469 e. The molecule has 0 aromatic heterocycles. The summed E-state index contributed by atoms with van der Waals surface area (Å²) in [4.78, 5) is 15.5. The van der Waals surface area contributed by atoms with Crippen LogP contribution in [0.25, 0.3) is 0 Å². The highest BCUT2D eigenvalue weighted by atomic mass is 16.5. The number of nitrogens with one attached hydrogen (secondary N) is 1. The van der Waals surface area contributed by atoms with Gasteiger partial charge in [-0.25, -0.2) is 0 Å². The zero-order valence-electron chi connectivity index (χ0n) is 14.7. The predicted octanol–water partition coefficient (Wildman–Crippen LogP) is 2.42. The van der Waals surface area contributed by atoms with Crippen LogP contribution in [-0.4, -0.2) is 43.2 Å². The number of esters is 1. The fourth-order valence-electron chi connectivity index (χ4n) is 7.68. The number of carbonyl (C=O) groups is 1. The Morgan fingerprint density at radius 3 is 3.04 bits per heavy atom. The molecule has 1 N–H and O–H groups in total. The second-order valence-corrected chi connectivity index (χ2v) is 8.70. The molecule has 3 fully saturated rings. The molecule has 1 spiro atoms. The van der Waals surface area contributed by atoms with Gasteiger partial charge in [0.2, 0.25) is 0 Å². The number of nitrogens with zero attached hydrogens (tertiary/aromatic N) is 1. The number of fused-ring (bicyclic) bond motifs is 1. The summed E-state index contributed by atoms with van der Waals surface area (Å²) in [5.41, 5.74) is 2.82. The van der Waals surface area contributed by atoms with Crippen molar-refractivity contribution in [3.8, 4) is 0 Å². The lowest BCUT2D eigenvalue weighted by molar-refractivity contribution is -0.150. The zero-order valence-corrected chi connectivity index (χ0v) is 14.7. The summed E-state index contributed by atoms with van der Waals surface area (Å²) in [5.74, 6) is 1.06. The number of ether oxygens (including phenoxy) is 1. The average Bonchev–Trinajstić information content (AvgIpc) is 3.22. The third-order valence-corrected chi connectivity index (χ3v) is 8.29. The predicted molar refractivity (Wildman–Crippen MR) is 95.2 cm³/mol. The van der Waals surface area contributed by atoms with Crippen LogP contribution in [0.15, 0.2) is 36.4 Å². The summed E-state index contributed by atoms with van der Waals surface area (Å²) >= 11 is 0. The maximum absolute atomic E-state index is 12.8. The third-order valence-electron chi connectivity index (χ3n) is 8.29. The molecular formula is C21H24N2O2. The molecular weight excluding hydrogens is 312 g/mol. The number of anilines is 1. The van der Waals surface area contributed by atoms with Gasteiger partial charge in [-0.3, -0.25) is 9.69 Å². The molecule has 2 aliphatic carbocycles. The lowest BCUT2D eigenvalue weighted by atomic mass is 9.56. The Labute approximate surface area is 148 Å². The van der Waals surface area contributed by atoms with E-state index in [0.717, 1.165) is 19.5 Å². The number of para-hydroxylation sites is 1. The molecule has 3 unspecified atom stereocenters. The van der Waals surface area contributed by atoms with Crippen LogP contribution in [0.2, 0.25) is 0 Å². The summed E-state index contributed by atoms with van der Waals surface area (Å²) in [6.45, 7) is 4.63. The molecule has 4 nitrogen and oxygen atoms in total. The number of methoxy groups -OCH3 is 1. The molecule has 4 heteroatoms. The number of rotatable bonds is 1. The van der Waals surface area contributed by atoms with Gasteiger partial charge in [-0.15, -0.1) is 0 Å². The minimum Gasteiger partial charge on any atom is -0.469 e. The van der Waals surface area contributed by atoms with E-state index in [1.807, 2.05) is 0 Å². The number of benzene rings is 1. The minimum absolute atomic E-state index is 0.0396. The normalized spacial score (nSPS) is 48.0. The highest BCUT2D eigenvalue weighted by Gasteiger charge is 2.80. The second kappa shape index (κ2) is 4.29. The van der Waals surface area contributed by atoms with Gasteiger partial charge in [-0.05, 0) is 29.9 Å². The Morgan fingerprint density at radius 1 is 1.36 bits per heavy atom. The Hall–Kier alpha value is -1.81. The van der Waals surface area contributed by atoms with Gasteiger partial charge in [-0.2, -0.15) is 0 Å². The van der Waals surface area contributed by atoms with Crippen molar-refractivity contribution in [1.29, 1.82) is 0 Å². The van der Waals surface area contributed by atoms with E-state index in [4.69, 9.17) is 4.74 Å². The van der Waals surface area contributed by atoms with Gasteiger partial charge in [0.25, 0.3) is 0 Å². The first-order valence-corrected chi connectivity index (χ1v) is 9.50. The maximum atomic E-state index is 12.8. The Morgan fingerprint density at radius 2 is 2.20 bits per heavy atom. The van der Waals surface area contributed by atoms with E-state index in [1.165, 1.54) is 18.4 Å². The van der Waals surface area contributed by atoms with Crippen LogP contribution in [0.4, 0.5) is 5.69 Å². The van der Waals surface area contributed by atoms with Crippen LogP contribution < -0.4 is 5.32 Å². The van der Waals surface area contributed by atoms with E-state index in [1.54, 1.807) is 0 Å². The van der Waals surface area contributed by atoms with E-state index < -0.39 is 0 Å². The maximum Gasteiger partial charge on any atom is 0.310 e. The molecule has 7 atom stereocenters. The van der Waals surface area contributed by atoms with E-state index >= 15 is 0 Å². The lowest BCUT2D eigenvalue weighted by Gasteiger charge is -2.54. The first-order chi connectivity index (χ1) is 12.1. The summed E-state index contributed by atoms with van der Waals surface area (Å²) in [5, 5.41) is 3.78. The molecule has 1 aromatic carbocycles. The summed E-state index contributed by atoms with van der Waals surface area (Å²) in [6, 6.07) is 9.42. The fraction of sp³-hybridized carbons (Fsp3) is 0.571. The summed E-state index contributed by atoms with van der Waals surface area (Å²) in [7, 11) is 1.53. The van der Waals surface area contributed by atoms with Crippen molar-refractivity contribution < 1.29 is 9.53 Å². The molecule has 3 heterocycles. The second-order valence-electron chi connectivity index (χ2n) is 8.70. The van der Waals surface area contributed by atoms with Crippen molar-refractivity contribution in [1.82, 2.24) is 4.90 Å². The number of carbonyl (C=O) groups excluding carboxylic acids is 1. The lowest BCUT2D eigenvalue weighted by Crippen LogP contribution is -2.63. The van der Waals surface area contributed by atoms with Crippen molar-refractivity contribution >= 4 is 11.7 Å². The Balaban J connectivity index is 1.66. The van der Waals surface area contributed by atoms with Crippen LogP contribution in [0.3, 0.4) is 0 Å². The summed E-state index contributed by atoms with van der Waals surface area (Å²) in [6.07, 6.45) is 5.71. The topological polar surface area (TPSA) is 41.6 Å². The first-order valence-electron chi connectivity index (χ1n) is 9.50. The Bertz CT molecular complexity index is 820. The zero-order chi connectivity index (χ0) is 17.0. The molecule has 1 aromatic rings. The SMILES string of the molecule is COC(=O)C1C[C@]23C=CCN4CC(C2C)[C@]2(c5ccccc5N[C@H]12)[C@H]43. The smallest absolute Gasteiger partial charge is 0.310 e. The molecule has 0 radical (unpaired) electrons. The van der Waals surface area contributed by atoms with Crippen LogP contribution in [-0.2, 0) is 14.9 Å². The molecule has 1 saturated heterocycles. The van der Waals surface area contributed by atoms with Crippen LogP contribution in [0, 0.1) is 23.2 Å². The van der Waals surface area contributed by atoms with Crippen LogP contribution in [0.1, 0.15) is 18.9 Å². The number of piperidine rings is 1. The molecule has 6 rings (SSSR count). The van der Waals surface area contributed by atoms with Crippen molar-refractivity contribution in [2.24, 2.45) is 23.2 Å². The number of hydrogen-bond acceptors (Lipinski definition) is 4. The monoisotopic (exact) mass is 336 g/mol. The molecule has 2 saturated carbocycles. The minimum atomic E-state index is -0.0798. The van der Waals surface area contributed by atoms with Gasteiger partial charge in [0, 0.05) is 35.6 Å². The molecule has 130 valence electrons.